The van der Waals surface area contributed by atoms with E-state index in [9.17, 15) is 0 Å². The minimum absolute atomic E-state index is 0.436. The van der Waals surface area contributed by atoms with E-state index in [1.54, 1.807) is 0 Å². The fourth-order valence-electron chi connectivity index (χ4n) is 9.29. The summed E-state index contributed by atoms with van der Waals surface area (Å²) in [4.78, 5) is 0. The lowest BCUT2D eigenvalue weighted by Crippen LogP contribution is -2.56. The lowest BCUT2D eigenvalue weighted by molar-refractivity contribution is -0.112. The molecule has 0 N–H and O–H groups in total. The van der Waals surface area contributed by atoms with E-state index in [4.69, 9.17) is 11.6 Å². The second-order valence-corrected chi connectivity index (χ2v) is 13.0. The van der Waals surface area contributed by atoms with Crippen LogP contribution in [0.1, 0.15) is 112 Å². The van der Waals surface area contributed by atoms with Crippen molar-refractivity contribution in [1.29, 1.82) is 0 Å². The van der Waals surface area contributed by atoms with Crippen molar-refractivity contribution >= 4 is 11.6 Å². The number of rotatable bonds is 5. The summed E-state index contributed by atoms with van der Waals surface area (Å²) < 4.78 is 0. The lowest BCUT2D eigenvalue weighted by atomic mass is 9.44. The summed E-state index contributed by atoms with van der Waals surface area (Å²) in [6.45, 7) is 12.7. The van der Waals surface area contributed by atoms with Gasteiger partial charge in [-0.05, 0) is 104 Å². The van der Waals surface area contributed by atoms with Crippen LogP contribution in [0.5, 0.6) is 0 Å². The molecule has 28 heavy (non-hydrogen) atoms. The molecule has 0 aromatic rings. The second-order valence-electron chi connectivity index (χ2n) is 12.4. The maximum Gasteiger partial charge on any atom is 0.0395 e. The van der Waals surface area contributed by atoms with Crippen LogP contribution in [0.4, 0.5) is 0 Å². The Balaban J connectivity index is 1.49. The molecule has 0 bridgehead atoms. The van der Waals surface area contributed by atoms with Crippen LogP contribution in [0.2, 0.25) is 0 Å². The summed E-state index contributed by atoms with van der Waals surface area (Å²) in [5.41, 5.74) is 1.06. The van der Waals surface area contributed by atoms with Crippen molar-refractivity contribution in [2.75, 3.05) is 0 Å². The van der Waals surface area contributed by atoms with Crippen LogP contribution in [0.15, 0.2) is 0 Å². The Kier molecular flexibility index (Phi) is 6.22. The van der Waals surface area contributed by atoms with Gasteiger partial charge in [0.05, 0.1) is 0 Å². The molecular weight excluding hydrogens is 360 g/mol. The first kappa shape index (κ1) is 21.5. The minimum Gasteiger partial charge on any atom is -0.122 e. The smallest absolute Gasteiger partial charge is 0.0395 e. The quantitative estimate of drug-likeness (QED) is 0.400. The molecule has 2 unspecified atom stereocenters. The van der Waals surface area contributed by atoms with E-state index in [0.717, 1.165) is 41.4 Å². The molecule has 0 aliphatic heterocycles. The first-order valence-electron chi connectivity index (χ1n) is 12.9. The molecule has 4 rings (SSSR count). The molecule has 4 aliphatic carbocycles. The summed E-state index contributed by atoms with van der Waals surface area (Å²) in [6, 6.07) is 0. The third-order valence-electron chi connectivity index (χ3n) is 10.9. The Labute approximate surface area is 181 Å². The summed E-state index contributed by atoms with van der Waals surface area (Å²) in [5.74, 6) is 6.58. The lowest BCUT2D eigenvalue weighted by Gasteiger charge is -2.62. The van der Waals surface area contributed by atoms with E-state index in [1.807, 2.05) is 0 Å². The Morgan fingerprint density at radius 3 is 2.39 bits per heavy atom. The van der Waals surface area contributed by atoms with E-state index in [0.29, 0.717) is 16.2 Å². The van der Waals surface area contributed by atoms with Gasteiger partial charge in [-0.3, -0.25) is 0 Å². The molecule has 0 amide bonds. The topological polar surface area (TPSA) is 0 Å². The van der Waals surface area contributed by atoms with Crippen molar-refractivity contribution in [2.45, 2.75) is 117 Å². The van der Waals surface area contributed by atoms with Crippen molar-refractivity contribution in [2.24, 2.45) is 52.3 Å². The molecule has 162 valence electrons. The van der Waals surface area contributed by atoms with Gasteiger partial charge in [0.15, 0.2) is 0 Å². The van der Waals surface area contributed by atoms with Crippen LogP contribution < -0.4 is 0 Å². The number of hydrogen-bond donors (Lipinski definition) is 0. The van der Waals surface area contributed by atoms with Crippen LogP contribution in [0.3, 0.4) is 0 Å². The van der Waals surface area contributed by atoms with Crippen molar-refractivity contribution in [3.63, 3.8) is 0 Å². The molecule has 0 nitrogen and oxygen atoms in total. The van der Waals surface area contributed by atoms with E-state index >= 15 is 0 Å². The molecule has 0 aromatic carbocycles. The van der Waals surface area contributed by atoms with Gasteiger partial charge in [0, 0.05) is 5.38 Å². The van der Waals surface area contributed by atoms with Gasteiger partial charge in [0.2, 0.25) is 0 Å². The molecule has 4 aliphatic rings. The fraction of sp³-hybridized carbons (Fsp3) is 1.00. The van der Waals surface area contributed by atoms with Crippen LogP contribution in [-0.2, 0) is 0 Å². The predicted octanol–water partition coefficient (Wildman–Crippen LogP) is 8.72. The average Bonchev–Trinajstić information content (AvgIpc) is 3.00. The van der Waals surface area contributed by atoms with Crippen molar-refractivity contribution in [1.82, 2.24) is 0 Å². The maximum atomic E-state index is 7.09. The highest BCUT2D eigenvalue weighted by Crippen LogP contribution is 2.68. The van der Waals surface area contributed by atoms with Crippen molar-refractivity contribution < 1.29 is 0 Å². The van der Waals surface area contributed by atoms with Crippen LogP contribution in [0.25, 0.3) is 0 Å². The highest BCUT2D eigenvalue weighted by Gasteiger charge is 2.61. The molecule has 4 saturated carbocycles. The molecule has 0 saturated heterocycles. The van der Waals surface area contributed by atoms with Crippen LogP contribution in [0, 0.1) is 52.3 Å². The normalized spacial score (nSPS) is 49.4. The van der Waals surface area contributed by atoms with E-state index in [-0.39, 0.29) is 0 Å². The Hall–Kier alpha value is 0.290. The van der Waals surface area contributed by atoms with Gasteiger partial charge in [-0.15, -0.1) is 11.6 Å². The van der Waals surface area contributed by atoms with Gasteiger partial charge < -0.3 is 0 Å². The molecule has 9 atom stereocenters. The minimum atomic E-state index is 0.436. The third-order valence-corrected chi connectivity index (χ3v) is 11.5. The molecule has 0 aromatic heterocycles. The second kappa shape index (κ2) is 8.09. The number of alkyl halides is 1. The maximum absolute atomic E-state index is 7.09. The van der Waals surface area contributed by atoms with Gasteiger partial charge >= 0.3 is 0 Å². The number of fused-ring (bicyclic) bond motifs is 5. The Morgan fingerprint density at radius 1 is 0.857 bits per heavy atom. The zero-order valence-electron chi connectivity index (χ0n) is 19.5. The van der Waals surface area contributed by atoms with Crippen molar-refractivity contribution in [3.8, 4) is 0 Å². The Bertz CT molecular complexity index is 540. The average molecular weight is 407 g/mol. The molecule has 0 spiro atoms. The summed E-state index contributed by atoms with van der Waals surface area (Å²) in [6.07, 6.45) is 17.4. The summed E-state index contributed by atoms with van der Waals surface area (Å²) in [7, 11) is 0. The van der Waals surface area contributed by atoms with E-state index in [2.05, 4.69) is 34.6 Å². The van der Waals surface area contributed by atoms with E-state index in [1.165, 1.54) is 77.0 Å². The van der Waals surface area contributed by atoms with Crippen LogP contribution in [-0.4, -0.2) is 5.38 Å². The van der Waals surface area contributed by atoms with Gasteiger partial charge in [-0.2, -0.15) is 0 Å². The SMILES string of the molecule is CC(C)CCC[C@@H](C)[C@H]1CC[C@H]2[C@@H]3CCC4CCCC(Cl)[C@]4(C)[C@H]3CC[C@]12C. The predicted molar refractivity (Wildman–Crippen MR) is 123 cm³/mol. The zero-order chi connectivity index (χ0) is 20.1. The monoisotopic (exact) mass is 406 g/mol. The van der Waals surface area contributed by atoms with Gasteiger partial charge in [0.1, 0.15) is 0 Å². The third kappa shape index (κ3) is 3.40. The first-order chi connectivity index (χ1) is 13.3. The number of halogens is 1. The van der Waals surface area contributed by atoms with Gasteiger partial charge in [-0.1, -0.05) is 60.3 Å². The van der Waals surface area contributed by atoms with Gasteiger partial charge in [0.25, 0.3) is 0 Å². The standard InChI is InChI=1S/C27H47Cl/c1-18(2)8-6-9-19(3)22-14-15-23-21-13-12-20-10-7-11-25(28)27(20,5)24(21)16-17-26(22,23)4/h18-25H,6-17H2,1-5H3/t19-,20?,21+,22-,23+,24+,25?,26-,27+/m1/s1. The molecule has 0 heterocycles. The highest BCUT2D eigenvalue weighted by molar-refractivity contribution is 6.21. The molecular formula is C27H47Cl. The summed E-state index contributed by atoms with van der Waals surface area (Å²) >= 11 is 7.09. The van der Waals surface area contributed by atoms with Crippen LogP contribution >= 0.6 is 11.6 Å². The van der Waals surface area contributed by atoms with E-state index < -0.39 is 0 Å². The van der Waals surface area contributed by atoms with Gasteiger partial charge in [-0.25, -0.2) is 0 Å². The fourth-order valence-corrected chi connectivity index (χ4v) is 9.79. The first-order valence-corrected chi connectivity index (χ1v) is 13.4. The largest absolute Gasteiger partial charge is 0.122 e. The zero-order valence-corrected chi connectivity index (χ0v) is 20.2. The highest BCUT2D eigenvalue weighted by atomic mass is 35.5. The van der Waals surface area contributed by atoms with Crippen molar-refractivity contribution in [3.05, 3.63) is 0 Å². The Morgan fingerprint density at radius 2 is 1.64 bits per heavy atom. The molecule has 1 heteroatoms. The number of hydrogen-bond acceptors (Lipinski definition) is 0. The molecule has 0 radical (unpaired) electrons. The summed E-state index contributed by atoms with van der Waals surface area (Å²) in [5, 5.41) is 0.440. The molecule has 4 fully saturated rings.